The lowest BCUT2D eigenvalue weighted by Crippen LogP contribution is -2.68. The van der Waals surface area contributed by atoms with E-state index in [2.05, 4.69) is 16.0 Å². The van der Waals surface area contributed by atoms with Crippen LogP contribution in [-0.4, -0.2) is 71.3 Å². The average Bonchev–Trinajstić information content (AvgIpc) is 3.21. The fourth-order valence-corrected chi connectivity index (χ4v) is 4.91. The number of amides is 5. The van der Waals surface area contributed by atoms with E-state index in [1.165, 1.54) is 29.2 Å². The highest BCUT2D eigenvalue weighted by Gasteiger charge is 2.60. The quantitative estimate of drug-likeness (QED) is 0.313. The maximum Gasteiger partial charge on any atom is 0.407 e. The van der Waals surface area contributed by atoms with E-state index in [4.69, 9.17) is 9.29 Å². The van der Waals surface area contributed by atoms with Gasteiger partial charge in [0.25, 0.3) is 5.91 Å². The molecule has 4 N–H and O–H groups in total. The maximum atomic E-state index is 12.6. The number of ether oxygens (including phenoxy) is 1. The molecule has 2 heterocycles. The first-order valence-electron chi connectivity index (χ1n) is 10.9. The number of carbonyl (C=O) groups is 4. The number of carbonyl (C=O) groups excluding carboxylic acids is 4. The molecule has 0 saturated carbocycles. The van der Waals surface area contributed by atoms with Gasteiger partial charge in [0.05, 0.1) is 6.04 Å². The Labute approximate surface area is 206 Å². The minimum Gasteiger partial charge on any atom is -0.445 e. The summed E-state index contributed by atoms with van der Waals surface area (Å²) in [7, 11) is -4.66. The zero-order chi connectivity index (χ0) is 25.9. The van der Waals surface area contributed by atoms with Gasteiger partial charge in [0.15, 0.2) is 0 Å². The van der Waals surface area contributed by atoms with Gasteiger partial charge in [-0.3, -0.25) is 14.1 Å². The van der Waals surface area contributed by atoms with Crippen LogP contribution < -0.4 is 16.0 Å². The first kappa shape index (κ1) is 24.9. The van der Waals surface area contributed by atoms with Gasteiger partial charge in [-0.15, -0.1) is 0 Å². The van der Waals surface area contributed by atoms with Crippen LogP contribution in [0.1, 0.15) is 12.0 Å². The average molecular weight is 518 g/mol. The molecular formula is C22H23N5O8S. The second-order valence-corrected chi connectivity index (χ2v) is 9.37. The Kier molecular flexibility index (Phi) is 7.07. The summed E-state index contributed by atoms with van der Waals surface area (Å²) in [6.45, 7) is -0.0840. The third-order valence-corrected chi connectivity index (χ3v) is 6.62. The van der Waals surface area contributed by atoms with Crippen LogP contribution in [0.3, 0.4) is 0 Å². The third kappa shape index (κ3) is 5.55. The van der Waals surface area contributed by atoms with Crippen molar-refractivity contribution in [1.29, 1.82) is 0 Å². The van der Waals surface area contributed by atoms with Crippen molar-refractivity contribution in [2.24, 2.45) is 0 Å². The number of nitrogens with one attached hydrogen (secondary N) is 3. The number of likely N-dealkylation sites (tertiary alicyclic amines) is 1. The summed E-state index contributed by atoms with van der Waals surface area (Å²) in [5.41, 5.74) is 1.60. The van der Waals surface area contributed by atoms with Crippen LogP contribution in [-0.2, 0) is 31.2 Å². The number of anilines is 2. The van der Waals surface area contributed by atoms with Crippen LogP contribution in [0.15, 0.2) is 54.6 Å². The van der Waals surface area contributed by atoms with E-state index in [0.717, 1.165) is 5.56 Å². The highest BCUT2D eigenvalue weighted by Crippen LogP contribution is 2.35. The molecule has 2 aromatic carbocycles. The van der Waals surface area contributed by atoms with Gasteiger partial charge in [-0.2, -0.15) is 8.42 Å². The summed E-state index contributed by atoms with van der Waals surface area (Å²) < 4.78 is 37.1. The second-order valence-electron chi connectivity index (χ2n) is 8.08. The van der Waals surface area contributed by atoms with E-state index >= 15 is 0 Å². The molecule has 4 rings (SSSR count). The van der Waals surface area contributed by atoms with E-state index in [-0.39, 0.29) is 26.1 Å². The molecule has 2 fully saturated rings. The van der Waals surface area contributed by atoms with Crippen LogP contribution >= 0.6 is 0 Å². The molecule has 0 bridgehead atoms. The van der Waals surface area contributed by atoms with E-state index in [1.807, 2.05) is 18.2 Å². The predicted octanol–water partition coefficient (Wildman–Crippen LogP) is 1.17. The molecule has 2 saturated heterocycles. The van der Waals surface area contributed by atoms with Crippen LogP contribution in [0.4, 0.5) is 21.0 Å². The van der Waals surface area contributed by atoms with E-state index < -0.39 is 46.3 Å². The Morgan fingerprint density at radius 1 is 1.00 bits per heavy atom. The molecule has 0 radical (unpaired) electrons. The van der Waals surface area contributed by atoms with Crippen molar-refractivity contribution in [2.75, 3.05) is 23.7 Å². The van der Waals surface area contributed by atoms with Crippen LogP contribution in [0.2, 0.25) is 0 Å². The fraction of sp³-hybridized carbons (Fsp3) is 0.273. The smallest absolute Gasteiger partial charge is 0.407 e. The number of nitrogens with zero attached hydrogens (tertiary/aromatic N) is 2. The molecule has 0 aliphatic carbocycles. The van der Waals surface area contributed by atoms with E-state index in [0.29, 0.717) is 15.7 Å². The number of urea groups is 1. The zero-order valence-corrected chi connectivity index (χ0v) is 19.6. The number of alkyl carbamates (subject to hydrolysis) is 1. The van der Waals surface area contributed by atoms with Gasteiger partial charge in [-0.05, 0) is 36.2 Å². The van der Waals surface area contributed by atoms with Crippen molar-refractivity contribution in [3.63, 3.8) is 0 Å². The highest BCUT2D eigenvalue weighted by atomic mass is 32.2. The van der Waals surface area contributed by atoms with Gasteiger partial charge in [0.2, 0.25) is 5.91 Å². The largest absolute Gasteiger partial charge is 0.445 e. The lowest BCUT2D eigenvalue weighted by Gasteiger charge is -2.42. The summed E-state index contributed by atoms with van der Waals surface area (Å²) in [4.78, 5) is 49.7. The van der Waals surface area contributed by atoms with Gasteiger partial charge in [0.1, 0.15) is 19.2 Å². The number of benzene rings is 2. The molecular weight excluding hydrogens is 494 g/mol. The molecule has 2 aromatic rings. The molecule has 13 nitrogen and oxygen atoms in total. The van der Waals surface area contributed by atoms with Crippen LogP contribution in [0.25, 0.3) is 0 Å². The van der Waals surface area contributed by atoms with Crippen LogP contribution in [0.5, 0.6) is 0 Å². The van der Waals surface area contributed by atoms with Crippen molar-refractivity contribution in [3.8, 4) is 0 Å². The number of hydrogen-bond donors (Lipinski definition) is 4. The first-order chi connectivity index (χ1) is 17.1. The minimum absolute atomic E-state index is 0.0766. The number of hydrogen-bond acceptors (Lipinski definition) is 7. The summed E-state index contributed by atoms with van der Waals surface area (Å²) in [6.07, 6.45) is -0.511. The van der Waals surface area contributed by atoms with Gasteiger partial charge in [-0.25, -0.2) is 13.9 Å². The Hall–Kier alpha value is -4.17. The molecule has 14 heteroatoms. The normalized spacial score (nSPS) is 18.6. The fourth-order valence-electron chi connectivity index (χ4n) is 4.01. The van der Waals surface area contributed by atoms with Gasteiger partial charge < -0.3 is 25.6 Å². The highest BCUT2D eigenvalue weighted by molar-refractivity contribution is 7.84. The number of rotatable bonds is 7. The number of fused-ring (bicyclic) bond motifs is 1. The molecule has 2 atom stereocenters. The zero-order valence-electron chi connectivity index (χ0n) is 18.8. The second kappa shape index (κ2) is 10.2. The van der Waals surface area contributed by atoms with Gasteiger partial charge >= 0.3 is 22.4 Å². The van der Waals surface area contributed by atoms with Crippen LogP contribution in [0, 0.1) is 0 Å². The topological polar surface area (TPSA) is 174 Å². The predicted molar refractivity (Wildman–Crippen MR) is 126 cm³/mol. The van der Waals surface area contributed by atoms with Crippen molar-refractivity contribution < 1.29 is 36.9 Å². The molecule has 0 unspecified atom stereocenters. The lowest BCUT2D eigenvalue weighted by molar-refractivity contribution is -0.143. The molecule has 2 aliphatic rings. The lowest BCUT2D eigenvalue weighted by atomic mass is 10.0. The standard InChI is InChI=1S/C22H23N5O8S/c28-18(12-23-22(31)35-13-14-4-2-1-3-5-14)24-15-6-8-16(9-7-15)25-21(30)26-11-10-17-19(26)20(29)27(17)36(32,33)34/h1-9,17,19H,10-13H2,(H,23,31)(H,24,28)(H,25,30)(H,32,33,34)/t17-,19+/m1/s1. The van der Waals surface area contributed by atoms with E-state index in [9.17, 15) is 27.6 Å². The Bertz CT molecular complexity index is 1270. The summed E-state index contributed by atoms with van der Waals surface area (Å²) in [5.74, 6) is -1.34. The third-order valence-electron chi connectivity index (χ3n) is 5.67. The van der Waals surface area contributed by atoms with Gasteiger partial charge in [-0.1, -0.05) is 30.3 Å². The Morgan fingerprint density at radius 2 is 1.64 bits per heavy atom. The molecule has 190 valence electrons. The van der Waals surface area contributed by atoms with Crippen molar-refractivity contribution >= 4 is 45.6 Å². The monoisotopic (exact) mass is 517 g/mol. The molecule has 2 aliphatic heterocycles. The summed E-state index contributed by atoms with van der Waals surface area (Å²) in [6, 6.07) is 12.9. The van der Waals surface area contributed by atoms with Crippen molar-refractivity contribution in [3.05, 3.63) is 60.2 Å². The summed E-state index contributed by atoms with van der Waals surface area (Å²) in [5, 5.41) is 7.55. The minimum atomic E-state index is -4.66. The van der Waals surface area contributed by atoms with Gasteiger partial charge in [0, 0.05) is 17.9 Å². The Morgan fingerprint density at radius 3 is 2.28 bits per heavy atom. The SMILES string of the molecule is O=C(CNC(=O)OCc1ccccc1)Nc1ccc(NC(=O)N2CC[C@@H]3[C@H]2C(=O)N3S(=O)(=O)O)cc1. The molecule has 0 aromatic heterocycles. The Balaban J connectivity index is 1.21. The van der Waals surface area contributed by atoms with Crippen molar-refractivity contribution in [1.82, 2.24) is 14.5 Å². The van der Waals surface area contributed by atoms with E-state index in [1.54, 1.807) is 12.1 Å². The first-order valence-corrected chi connectivity index (χ1v) is 12.3. The van der Waals surface area contributed by atoms with Crippen molar-refractivity contribution in [2.45, 2.75) is 25.1 Å². The summed E-state index contributed by atoms with van der Waals surface area (Å²) >= 11 is 0. The maximum absolute atomic E-state index is 12.6. The molecule has 5 amide bonds. The number of β-lactam (4-membered cyclic amide) rings is 1. The molecule has 36 heavy (non-hydrogen) atoms. The molecule has 0 spiro atoms.